The molecular weight excluding hydrogens is 180 g/mol. The quantitative estimate of drug-likeness (QED) is 0.579. The van der Waals surface area contributed by atoms with Crippen molar-refractivity contribution in [2.24, 2.45) is 5.92 Å². The number of hydrogen-bond donors (Lipinski definition) is 3. The standard InChI is InChI=1S/C10H20N2O2/c1-8(3-2-6-13)12-10(14)9-4-5-11-7-9/h8-9,11,13H,2-7H2,1H3,(H,12,14). The minimum Gasteiger partial charge on any atom is -0.396 e. The van der Waals surface area contributed by atoms with E-state index in [1.807, 2.05) is 6.92 Å². The van der Waals surface area contributed by atoms with E-state index in [0.29, 0.717) is 0 Å². The highest BCUT2D eigenvalue weighted by Gasteiger charge is 2.22. The van der Waals surface area contributed by atoms with Gasteiger partial charge in [0.15, 0.2) is 0 Å². The topological polar surface area (TPSA) is 61.4 Å². The van der Waals surface area contributed by atoms with Crippen LogP contribution < -0.4 is 10.6 Å². The zero-order valence-electron chi connectivity index (χ0n) is 8.75. The summed E-state index contributed by atoms with van der Waals surface area (Å²) < 4.78 is 0. The third-order valence-electron chi connectivity index (χ3n) is 2.62. The number of rotatable bonds is 5. The van der Waals surface area contributed by atoms with Gasteiger partial charge in [0.1, 0.15) is 0 Å². The van der Waals surface area contributed by atoms with Crippen LogP contribution in [-0.4, -0.2) is 36.8 Å². The van der Waals surface area contributed by atoms with Crippen LogP contribution in [0, 0.1) is 5.92 Å². The van der Waals surface area contributed by atoms with Gasteiger partial charge in [-0.25, -0.2) is 0 Å². The van der Waals surface area contributed by atoms with Gasteiger partial charge in [0.25, 0.3) is 0 Å². The number of aliphatic hydroxyl groups is 1. The first-order valence-corrected chi connectivity index (χ1v) is 5.36. The van der Waals surface area contributed by atoms with Gasteiger partial charge in [-0.2, -0.15) is 0 Å². The molecule has 4 heteroatoms. The van der Waals surface area contributed by atoms with E-state index in [9.17, 15) is 4.79 Å². The molecule has 1 fully saturated rings. The molecule has 82 valence electrons. The van der Waals surface area contributed by atoms with Crippen LogP contribution in [0.25, 0.3) is 0 Å². The average molecular weight is 200 g/mol. The third-order valence-corrected chi connectivity index (χ3v) is 2.62. The largest absolute Gasteiger partial charge is 0.396 e. The first-order valence-electron chi connectivity index (χ1n) is 5.36. The second-order valence-corrected chi connectivity index (χ2v) is 3.97. The van der Waals surface area contributed by atoms with E-state index in [0.717, 1.165) is 32.4 Å². The Morgan fingerprint density at radius 1 is 1.71 bits per heavy atom. The number of amides is 1. The molecule has 1 amide bonds. The maximum absolute atomic E-state index is 11.6. The number of carbonyl (C=O) groups is 1. The van der Waals surface area contributed by atoms with Crippen LogP contribution in [0.4, 0.5) is 0 Å². The molecule has 0 saturated carbocycles. The van der Waals surface area contributed by atoms with Crippen molar-refractivity contribution in [3.8, 4) is 0 Å². The summed E-state index contributed by atoms with van der Waals surface area (Å²) in [4.78, 5) is 11.6. The van der Waals surface area contributed by atoms with Crippen molar-refractivity contribution in [3.05, 3.63) is 0 Å². The van der Waals surface area contributed by atoms with Crippen molar-refractivity contribution in [1.29, 1.82) is 0 Å². The van der Waals surface area contributed by atoms with Crippen molar-refractivity contribution in [2.75, 3.05) is 19.7 Å². The van der Waals surface area contributed by atoms with Crippen LogP contribution in [0.2, 0.25) is 0 Å². The van der Waals surface area contributed by atoms with Crippen molar-refractivity contribution < 1.29 is 9.90 Å². The van der Waals surface area contributed by atoms with E-state index in [-0.39, 0.29) is 24.5 Å². The summed E-state index contributed by atoms with van der Waals surface area (Å²) in [5.41, 5.74) is 0. The molecule has 1 aliphatic heterocycles. The Hall–Kier alpha value is -0.610. The molecule has 0 aromatic rings. The van der Waals surface area contributed by atoms with E-state index in [1.165, 1.54) is 0 Å². The lowest BCUT2D eigenvalue weighted by Gasteiger charge is -2.16. The van der Waals surface area contributed by atoms with Gasteiger partial charge < -0.3 is 15.7 Å². The van der Waals surface area contributed by atoms with Crippen LogP contribution in [0.5, 0.6) is 0 Å². The van der Waals surface area contributed by atoms with E-state index >= 15 is 0 Å². The van der Waals surface area contributed by atoms with Crippen molar-refractivity contribution in [3.63, 3.8) is 0 Å². The molecule has 0 aliphatic carbocycles. The fourth-order valence-corrected chi connectivity index (χ4v) is 1.71. The second-order valence-electron chi connectivity index (χ2n) is 3.97. The maximum atomic E-state index is 11.6. The fraction of sp³-hybridized carbons (Fsp3) is 0.900. The molecule has 0 bridgehead atoms. The molecule has 1 aliphatic rings. The minimum atomic E-state index is 0.145. The van der Waals surface area contributed by atoms with E-state index < -0.39 is 0 Å². The van der Waals surface area contributed by atoms with Gasteiger partial charge in [0.05, 0.1) is 5.92 Å². The van der Waals surface area contributed by atoms with Gasteiger partial charge in [-0.3, -0.25) is 4.79 Å². The fourth-order valence-electron chi connectivity index (χ4n) is 1.71. The summed E-state index contributed by atoms with van der Waals surface area (Å²) in [6, 6.07) is 0.176. The normalized spacial score (nSPS) is 23.4. The van der Waals surface area contributed by atoms with Crippen LogP contribution >= 0.6 is 0 Å². The SMILES string of the molecule is CC(CCCO)NC(=O)C1CCNC1. The van der Waals surface area contributed by atoms with Gasteiger partial charge >= 0.3 is 0 Å². The minimum absolute atomic E-state index is 0.145. The molecule has 0 aromatic carbocycles. The predicted molar refractivity (Wildman–Crippen MR) is 54.9 cm³/mol. The Morgan fingerprint density at radius 3 is 3.07 bits per heavy atom. The van der Waals surface area contributed by atoms with Crippen molar-refractivity contribution in [2.45, 2.75) is 32.2 Å². The van der Waals surface area contributed by atoms with Crippen LogP contribution in [0.15, 0.2) is 0 Å². The second kappa shape index (κ2) is 5.98. The maximum Gasteiger partial charge on any atom is 0.224 e. The van der Waals surface area contributed by atoms with Gasteiger partial charge in [-0.05, 0) is 32.7 Å². The summed E-state index contributed by atoms with van der Waals surface area (Å²) in [7, 11) is 0. The van der Waals surface area contributed by atoms with Gasteiger partial charge in [-0.1, -0.05) is 0 Å². The lowest BCUT2D eigenvalue weighted by Crippen LogP contribution is -2.38. The Morgan fingerprint density at radius 2 is 2.50 bits per heavy atom. The molecular formula is C10H20N2O2. The van der Waals surface area contributed by atoms with Crippen LogP contribution in [-0.2, 0) is 4.79 Å². The molecule has 4 nitrogen and oxygen atoms in total. The lowest BCUT2D eigenvalue weighted by molar-refractivity contribution is -0.125. The number of hydrogen-bond acceptors (Lipinski definition) is 3. The molecule has 0 aromatic heterocycles. The monoisotopic (exact) mass is 200 g/mol. The molecule has 1 saturated heterocycles. The van der Waals surface area contributed by atoms with Gasteiger partial charge in [0.2, 0.25) is 5.91 Å². The first kappa shape index (κ1) is 11.5. The molecule has 1 rings (SSSR count). The summed E-state index contributed by atoms with van der Waals surface area (Å²) >= 11 is 0. The third kappa shape index (κ3) is 3.64. The molecule has 2 unspecified atom stereocenters. The molecule has 2 atom stereocenters. The zero-order valence-corrected chi connectivity index (χ0v) is 8.75. The van der Waals surface area contributed by atoms with Crippen molar-refractivity contribution >= 4 is 5.91 Å². The molecule has 1 heterocycles. The average Bonchev–Trinajstić information content (AvgIpc) is 2.67. The summed E-state index contributed by atoms with van der Waals surface area (Å²) in [5, 5.41) is 14.8. The van der Waals surface area contributed by atoms with E-state index in [1.54, 1.807) is 0 Å². The molecule has 0 radical (unpaired) electrons. The van der Waals surface area contributed by atoms with Crippen LogP contribution in [0.3, 0.4) is 0 Å². The van der Waals surface area contributed by atoms with E-state index in [2.05, 4.69) is 10.6 Å². The summed E-state index contributed by atoms with van der Waals surface area (Å²) in [5.74, 6) is 0.298. The Bertz CT molecular complexity index is 179. The van der Waals surface area contributed by atoms with Crippen LogP contribution in [0.1, 0.15) is 26.2 Å². The van der Waals surface area contributed by atoms with Gasteiger partial charge in [-0.15, -0.1) is 0 Å². The smallest absolute Gasteiger partial charge is 0.224 e. The first-order chi connectivity index (χ1) is 6.74. The summed E-state index contributed by atoms with van der Waals surface area (Å²) in [6.45, 7) is 3.93. The van der Waals surface area contributed by atoms with Crippen molar-refractivity contribution in [1.82, 2.24) is 10.6 Å². The molecule has 14 heavy (non-hydrogen) atoms. The highest BCUT2D eigenvalue weighted by Crippen LogP contribution is 2.08. The Balaban J connectivity index is 2.18. The predicted octanol–water partition coefficient (Wildman–Crippen LogP) is -0.127. The highest BCUT2D eigenvalue weighted by atomic mass is 16.2. The molecule has 0 spiro atoms. The van der Waals surface area contributed by atoms with Gasteiger partial charge in [0, 0.05) is 19.2 Å². The number of nitrogens with one attached hydrogen (secondary N) is 2. The molecule has 3 N–H and O–H groups in total. The summed E-state index contributed by atoms with van der Waals surface area (Å²) in [6.07, 6.45) is 2.55. The number of carbonyl (C=O) groups excluding carboxylic acids is 1. The lowest BCUT2D eigenvalue weighted by atomic mass is 10.1. The Kier molecular flexibility index (Phi) is 4.90. The Labute approximate surface area is 85.1 Å². The zero-order chi connectivity index (χ0) is 10.4. The highest BCUT2D eigenvalue weighted by molar-refractivity contribution is 5.79. The number of aliphatic hydroxyl groups excluding tert-OH is 1. The van der Waals surface area contributed by atoms with E-state index in [4.69, 9.17) is 5.11 Å².